The lowest BCUT2D eigenvalue weighted by Gasteiger charge is -2.14. The van der Waals surface area contributed by atoms with Crippen LogP contribution in [0.1, 0.15) is 21.5 Å². The highest BCUT2D eigenvalue weighted by Gasteiger charge is 2.17. The van der Waals surface area contributed by atoms with Gasteiger partial charge >= 0.3 is 0 Å². The van der Waals surface area contributed by atoms with Crippen LogP contribution in [-0.2, 0) is 6.61 Å². The van der Waals surface area contributed by atoms with Gasteiger partial charge in [0.2, 0.25) is 0 Å². The van der Waals surface area contributed by atoms with Gasteiger partial charge in [-0.05, 0) is 43.3 Å². The van der Waals surface area contributed by atoms with E-state index >= 15 is 0 Å². The summed E-state index contributed by atoms with van der Waals surface area (Å²) in [6.07, 6.45) is 0. The third-order valence-electron chi connectivity index (χ3n) is 4.74. The maximum absolute atomic E-state index is 12.8. The molecule has 0 radical (unpaired) electrons. The van der Waals surface area contributed by atoms with Crippen molar-refractivity contribution in [3.05, 3.63) is 87.5 Å². The summed E-state index contributed by atoms with van der Waals surface area (Å²) in [4.78, 5) is 23.4. The van der Waals surface area contributed by atoms with E-state index in [1.165, 1.54) is 19.2 Å². The second-order valence-electron chi connectivity index (χ2n) is 6.63. The predicted octanol–water partition coefficient (Wildman–Crippen LogP) is 4.75. The third-order valence-corrected chi connectivity index (χ3v) is 4.74. The van der Waals surface area contributed by atoms with Crippen LogP contribution in [0.15, 0.2) is 60.7 Å². The molecule has 0 unspecified atom stereocenters. The van der Waals surface area contributed by atoms with Crippen molar-refractivity contribution in [3.63, 3.8) is 0 Å². The fourth-order valence-electron chi connectivity index (χ4n) is 3.08. The van der Waals surface area contributed by atoms with Crippen LogP contribution >= 0.6 is 0 Å². The summed E-state index contributed by atoms with van der Waals surface area (Å²) in [7, 11) is 3.10. The third kappa shape index (κ3) is 4.92. The number of anilines is 1. The van der Waals surface area contributed by atoms with Gasteiger partial charge in [-0.2, -0.15) is 0 Å². The first-order valence-electron chi connectivity index (χ1n) is 9.42. The molecular weight excluding hydrogens is 400 g/mol. The van der Waals surface area contributed by atoms with Crippen LogP contribution in [0.2, 0.25) is 0 Å². The van der Waals surface area contributed by atoms with Crippen molar-refractivity contribution in [1.29, 1.82) is 0 Å². The van der Waals surface area contributed by atoms with E-state index in [4.69, 9.17) is 14.2 Å². The molecule has 0 aliphatic rings. The monoisotopic (exact) mass is 422 g/mol. The number of nitrogens with one attached hydrogen (secondary N) is 1. The summed E-state index contributed by atoms with van der Waals surface area (Å²) in [5.41, 5.74) is 1.73. The van der Waals surface area contributed by atoms with Crippen LogP contribution in [0.4, 0.5) is 11.4 Å². The maximum atomic E-state index is 12.8. The Hall–Kier alpha value is -4.07. The second-order valence-corrected chi connectivity index (χ2v) is 6.63. The first-order chi connectivity index (χ1) is 14.9. The van der Waals surface area contributed by atoms with Gasteiger partial charge in [0.15, 0.2) is 11.5 Å². The average Bonchev–Trinajstić information content (AvgIpc) is 2.78. The maximum Gasteiger partial charge on any atom is 0.274 e. The Kier molecular flexibility index (Phi) is 6.71. The summed E-state index contributed by atoms with van der Waals surface area (Å²) in [5.74, 6) is 1.33. The number of nitrogens with zero attached hydrogens (tertiary/aromatic N) is 1. The van der Waals surface area contributed by atoms with Crippen molar-refractivity contribution in [3.8, 4) is 17.2 Å². The van der Waals surface area contributed by atoms with Crippen LogP contribution in [0.25, 0.3) is 0 Å². The van der Waals surface area contributed by atoms with Crippen molar-refractivity contribution in [2.75, 3.05) is 19.5 Å². The molecule has 3 rings (SSSR count). The topological polar surface area (TPSA) is 99.9 Å². The standard InChI is InChI=1S/C23H22N2O6/c1-15-18(7-6-8-19(15)25(27)28)24-23(26)16-11-12-20(29-2)17(13-16)14-31-22-10-5-4-9-21(22)30-3/h4-13H,14H2,1-3H3,(H,24,26). The molecule has 31 heavy (non-hydrogen) atoms. The molecule has 1 amide bonds. The van der Waals surface area contributed by atoms with Gasteiger partial charge in [0.1, 0.15) is 12.4 Å². The van der Waals surface area contributed by atoms with Crippen LogP contribution in [-0.4, -0.2) is 25.1 Å². The van der Waals surface area contributed by atoms with Crippen LogP contribution in [0, 0.1) is 17.0 Å². The zero-order valence-corrected chi connectivity index (χ0v) is 17.4. The minimum absolute atomic E-state index is 0.0570. The smallest absolute Gasteiger partial charge is 0.274 e. The Morgan fingerprint density at radius 3 is 2.35 bits per heavy atom. The SMILES string of the molecule is COc1ccc(C(=O)Nc2cccc([N+](=O)[O-])c2C)cc1COc1ccccc1OC. The van der Waals surface area contributed by atoms with Crippen LogP contribution in [0.5, 0.6) is 17.2 Å². The van der Waals surface area contributed by atoms with Gasteiger partial charge in [-0.3, -0.25) is 14.9 Å². The lowest BCUT2D eigenvalue weighted by atomic mass is 10.1. The molecule has 160 valence electrons. The molecular formula is C23H22N2O6. The number of carbonyl (C=O) groups excluding carboxylic acids is 1. The molecule has 0 aliphatic carbocycles. The Bertz CT molecular complexity index is 1110. The van der Waals surface area contributed by atoms with E-state index in [0.717, 1.165) is 0 Å². The zero-order valence-electron chi connectivity index (χ0n) is 17.4. The summed E-state index contributed by atoms with van der Waals surface area (Å²) in [6.45, 7) is 1.74. The lowest BCUT2D eigenvalue weighted by Crippen LogP contribution is -2.14. The zero-order chi connectivity index (χ0) is 22.4. The van der Waals surface area contributed by atoms with E-state index in [9.17, 15) is 14.9 Å². The van der Waals surface area contributed by atoms with Crippen LogP contribution in [0.3, 0.4) is 0 Å². The molecule has 8 nitrogen and oxygen atoms in total. The number of para-hydroxylation sites is 2. The first kappa shape index (κ1) is 21.6. The van der Waals surface area contributed by atoms with Crippen LogP contribution < -0.4 is 19.5 Å². The molecule has 0 heterocycles. The summed E-state index contributed by atoms with van der Waals surface area (Å²) < 4.78 is 16.5. The number of hydrogen-bond acceptors (Lipinski definition) is 6. The highest BCUT2D eigenvalue weighted by Crippen LogP contribution is 2.29. The van der Waals surface area contributed by atoms with Gasteiger partial charge in [0, 0.05) is 17.2 Å². The quantitative estimate of drug-likeness (QED) is 0.415. The number of methoxy groups -OCH3 is 2. The molecule has 0 bridgehead atoms. The van der Waals surface area contributed by atoms with E-state index < -0.39 is 10.8 Å². The molecule has 0 spiro atoms. The van der Waals surface area contributed by atoms with Crippen molar-refractivity contribution >= 4 is 17.3 Å². The Morgan fingerprint density at radius 2 is 1.68 bits per heavy atom. The van der Waals surface area contributed by atoms with E-state index in [0.29, 0.717) is 39.6 Å². The molecule has 0 saturated heterocycles. The van der Waals surface area contributed by atoms with E-state index in [2.05, 4.69) is 5.32 Å². The summed E-state index contributed by atoms with van der Waals surface area (Å²) in [5, 5.41) is 13.9. The molecule has 0 fully saturated rings. The first-order valence-corrected chi connectivity index (χ1v) is 9.42. The van der Waals surface area contributed by atoms with Gasteiger partial charge in [-0.15, -0.1) is 0 Å². The lowest BCUT2D eigenvalue weighted by molar-refractivity contribution is -0.385. The highest BCUT2D eigenvalue weighted by atomic mass is 16.6. The van der Waals surface area contributed by atoms with Gasteiger partial charge in [-0.1, -0.05) is 18.2 Å². The van der Waals surface area contributed by atoms with Crippen molar-refractivity contribution in [2.24, 2.45) is 0 Å². The highest BCUT2D eigenvalue weighted by molar-refractivity contribution is 6.05. The summed E-state index contributed by atoms with van der Waals surface area (Å²) in [6, 6.07) is 16.8. The predicted molar refractivity (Wildman–Crippen MR) is 116 cm³/mol. The largest absolute Gasteiger partial charge is 0.496 e. The van der Waals surface area contributed by atoms with Gasteiger partial charge in [0.25, 0.3) is 11.6 Å². The number of nitro benzene ring substituents is 1. The Morgan fingerprint density at radius 1 is 0.968 bits per heavy atom. The van der Waals surface area contributed by atoms with Crippen molar-refractivity contribution < 1.29 is 23.9 Å². The van der Waals surface area contributed by atoms with Gasteiger partial charge < -0.3 is 19.5 Å². The van der Waals surface area contributed by atoms with E-state index in [1.807, 2.05) is 12.1 Å². The number of amides is 1. The summed E-state index contributed by atoms with van der Waals surface area (Å²) >= 11 is 0. The van der Waals surface area contributed by atoms with Crippen molar-refractivity contribution in [2.45, 2.75) is 13.5 Å². The fourth-order valence-corrected chi connectivity index (χ4v) is 3.08. The van der Waals surface area contributed by atoms with Gasteiger partial charge in [0.05, 0.1) is 30.4 Å². The molecule has 0 atom stereocenters. The molecule has 1 N–H and O–H groups in total. The minimum atomic E-state index is -0.480. The minimum Gasteiger partial charge on any atom is -0.496 e. The number of rotatable bonds is 8. The van der Waals surface area contributed by atoms with Gasteiger partial charge in [-0.25, -0.2) is 0 Å². The molecule has 3 aromatic rings. The number of hydrogen-bond donors (Lipinski definition) is 1. The Balaban J connectivity index is 1.82. The van der Waals surface area contributed by atoms with E-state index in [-0.39, 0.29) is 12.3 Å². The molecule has 0 saturated carbocycles. The van der Waals surface area contributed by atoms with E-state index in [1.54, 1.807) is 50.4 Å². The second kappa shape index (κ2) is 9.62. The van der Waals surface area contributed by atoms with Crippen molar-refractivity contribution in [1.82, 2.24) is 0 Å². The number of ether oxygens (including phenoxy) is 3. The Labute approximate surface area is 179 Å². The normalized spacial score (nSPS) is 10.3. The number of carbonyl (C=O) groups is 1. The molecule has 3 aromatic carbocycles. The molecule has 8 heteroatoms. The number of nitro groups is 1. The fraction of sp³-hybridized carbons (Fsp3) is 0.174. The molecule has 0 aliphatic heterocycles. The molecule has 0 aromatic heterocycles. The number of benzene rings is 3. The average molecular weight is 422 g/mol.